The van der Waals surface area contributed by atoms with E-state index in [0.717, 1.165) is 47.5 Å². The second kappa shape index (κ2) is 8.51. The number of piperazine rings is 1. The Kier molecular flexibility index (Phi) is 6.33. The zero-order valence-corrected chi connectivity index (χ0v) is 17.2. The number of carbonyl (C=O) groups excluding carboxylic acids is 1. The molecular weight excluding hydrogens is 388 g/mol. The van der Waals surface area contributed by atoms with Crippen molar-refractivity contribution in [3.8, 4) is 6.07 Å². The smallest absolute Gasteiger partial charge is 0.239 e. The van der Waals surface area contributed by atoms with E-state index in [2.05, 4.69) is 27.3 Å². The van der Waals surface area contributed by atoms with E-state index in [0.29, 0.717) is 17.1 Å². The molecule has 0 aliphatic carbocycles. The summed E-state index contributed by atoms with van der Waals surface area (Å²) in [4.78, 5) is 19.2. The van der Waals surface area contributed by atoms with Gasteiger partial charge in [0, 0.05) is 42.5 Å². The summed E-state index contributed by atoms with van der Waals surface area (Å²) in [5.41, 5.74) is 1.54. The van der Waals surface area contributed by atoms with Crippen molar-refractivity contribution in [2.75, 3.05) is 38.0 Å². The molecule has 1 amide bonds. The lowest BCUT2D eigenvalue weighted by Gasteiger charge is -2.33. The van der Waals surface area contributed by atoms with Gasteiger partial charge in [0.05, 0.1) is 16.4 Å². The van der Waals surface area contributed by atoms with Gasteiger partial charge in [-0.25, -0.2) is 0 Å². The molecule has 0 radical (unpaired) electrons. The monoisotopic (exact) mass is 408 g/mol. The van der Waals surface area contributed by atoms with Crippen LogP contribution < -0.4 is 5.32 Å². The zero-order valence-electron chi connectivity index (χ0n) is 14.8. The molecule has 1 saturated heterocycles. The van der Waals surface area contributed by atoms with Gasteiger partial charge >= 0.3 is 0 Å². The molecule has 2 aromatic heterocycles. The fourth-order valence-corrected chi connectivity index (χ4v) is 5.14. The molecule has 8 heteroatoms. The molecule has 1 aliphatic rings. The fraction of sp³-hybridized carbons (Fsp3) is 0.444. The quantitative estimate of drug-likeness (QED) is 0.819. The Morgan fingerprint density at radius 2 is 1.92 bits per heavy atom. The van der Waals surface area contributed by atoms with Crippen LogP contribution in [0, 0.1) is 25.2 Å². The molecule has 0 aromatic carbocycles. The van der Waals surface area contributed by atoms with E-state index >= 15 is 0 Å². The maximum Gasteiger partial charge on any atom is 0.239 e. The van der Waals surface area contributed by atoms with Crippen molar-refractivity contribution in [2.45, 2.75) is 20.4 Å². The van der Waals surface area contributed by atoms with Gasteiger partial charge in [0.15, 0.2) is 0 Å². The van der Waals surface area contributed by atoms with E-state index in [1.807, 2.05) is 19.9 Å². The van der Waals surface area contributed by atoms with Crippen molar-refractivity contribution >= 4 is 45.2 Å². The van der Waals surface area contributed by atoms with Crippen molar-refractivity contribution in [2.24, 2.45) is 0 Å². The van der Waals surface area contributed by atoms with Crippen molar-refractivity contribution in [3.63, 3.8) is 0 Å². The molecule has 1 N–H and O–H groups in total. The number of carbonyl (C=O) groups is 1. The van der Waals surface area contributed by atoms with Crippen molar-refractivity contribution in [1.82, 2.24) is 9.80 Å². The lowest BCUT2D eigenvalue weighted by molar-refractivity contribution is -0.117. The molecule has 0 spiro atoms. The van der Waals surface area contributed by atoms with E-state index in [-0.39, 0.29) is 5.91 Å². The van der Waals surface area contributed by atoms with Gasteiger partial charge in [-0.15, -0.1) is 22.7 Å². The summed E-state index contributed by atoms with van der Waals surface area (Å²) in [6, 6.07) is 6.20. The molecule has 0 saturated carbocycles. The predicted octanol–water partition coefficient (Wildman–Crippen LogP) is 3.71. The van der Waals surface area contributed by atoms with Crippen molar-refractivity contribution in [3.05, 3.63) is 37.4 Å². The van der Waals surface area contributed by atoms with E-state index in [1.165, 1.54) is 16.2 Å². The Morgan fingerprint density at radius 3 is 2.54 bits per heavy atom. The minimum atomic E-state index is -0.0544. The van der Waals surface area contributed by atoms with Crippen LogP contribution >= 0.6 is 34.3 Å². The van der Waals surface area contributed by atoms with E-state index in [1.54, 1.807) is 11.3 Å². The minimum absolute atomic E-state index is 0.0544. The first-order valence-corrected chi connectivity index (χ1v) is 10.5. The highest BCUT2D eigenvalue weighted by atomic mass is 35.5. The molecule has 3 rings (SSSR count). The maximum absolute atomic E-state index is 12.4. The molecule has 0 unspecified atom stereocenters. The minimum Gasteiger partial charge on any atom is -0.315 e. The van der Waals surface area contributed by atoms with Gasteiger partial charge in [-0.05, 0) is 31.5 Å². The first-order chi connectivity index (χ1) is 12.5. The second-order valence-electron chi connectivity index (χ2n) is 6.41. The van der Waals surface area contributed by atoms with Crippen LogP contribution in [-0.4, -0.2) is 48.4 Å². The maximum atomic E-state index is 12.4. The van der Waals surface area contributed by atoms with Crippen LogP contribution in [-0.2, 0) is 11.3 Å². The first-order valence-electron chi connectivity index (χ1n) is 8.45. The van der Waals surface area contributed by atoms with Gasteiger partial charge in [-0.2, -0.15) is 5.26 Å². The number of hydrogen-bond donors (Lipinski definition) is 1. The van der Waals surface area contributed by atoms with Crippen LogP contribution in [0.2, 0.25) is 4.34 Å². The normalized spacial score (nSPS) is 15.8. The average Bonchev–Trinajstić information content (AvgIpc) is 3.12. The molecule has 1 aliphatic heterocycles. The van der Waals surface area contributed by atoms with E-state index < -0.39 is 0 Å². The van der Waals surface area contributed by atoms with Crippen LogP contribution in [0.1, 0.15) is 20.9 Å². The second-order valence-corrected chi connectivity index (χ2v) is 9.43. The van der Waals surface area contributed by atoms with Gasteiger partial charge < -0.3 is 5.32 Å². The first kappa shape index (κ1) is 19.3. The summed E-state index contributed by atoms with van der Waals surface area (Å²) in [7, 11) is 0. The lowest BCUT2D eigenvalue weighted by atomic mass is 10.2. The number of thiophene rings is 2. The topological polar surface area (TPSA) is 59.4 Å². The third-order valence-corrected chi connectivity index (χ3v) is 6.93. The highest BCUT2D eigenvalue weighted by Gasteiger charge is 2.21. The number of aryl methyl sites for hydroxylation is 1. The van der Waals surface area contributed by atoms with Gasteiger partial charge in [0.25, 0.3) is 0 Å². The Hall–Kier alpha value is -1.43. The average molecular weight is 409 g/mol. The Morgan fingerprint density at radius 1 is 1.23 bits per heavy atom. The molecule has 26 heavy (non-hydrogen) atoms. The van der Waals surface area contributed by atoms with Crippen LogP contribution in [0.25, 0.3) is 0 Å². The summed E-state index contributed by atoms with van der Waals surface area (Å²) in [5, 5.41) is 12.9. The SMILES string of the molecule is Cc1sc(NC(=O)CN2CCN(Cc3ccc(Cl)s3)CC2)c(C#N)c1C. The molecule has 138 valence electrons. The molecule has 0 atom stereocenters. The number of anilines is 1. The lowest BCUT2D eigenvalue weighted by Crippen LogP contribution is -2.48. The Balaban J connectivity index is 1.48. The van der Waals surface area contributed by atoms with Crippen molar-refractivity contribution in [1.29, 1.82) is 5.26 Å². The van der Waals surface area contributed by atoms with Crippen LogP contribution in [0.15, 0.2) is 12.1 Å². The van der Waals surface area contributed by atoms with Gasteiger partial charge in [0.1, 0.15) is 11.1 Å². The number of rotatable bonds is 5. The number of nitriles is 1. The number of hydrogen-bond acceptors (Lipinski definition) is 6. The number of nitrogens with one attached hydrogen (secondary N) is 1. The summed E-state index contributed by atoms with van der Waals surface area (Å²) >= 11 is 9.08. The van der Waals surface area contributed by atoms with Gasteiger partial charge in [0.2, 0.25) is 5.91 Å². The molecule has 1 fully saturated rings. The molecule has 0 bridgehead atoms. The summed E-state index contributed by atoms with van der Waals surface area (Å²) < 4.78 is 0.825. The van der Waals surface area contributed by atoms with E-state index in [4.69, 9.17) is 11.6 Å². The third kappa shape index (κ3) is 4.64. The summed E-state index contributed by atoms with van der Waals surface area (Å²) in [6.45, 7) is 8.75. The number of amides is 1. The largest absolute Gasteiger partial charge is 0.315 e. The third-order valence-electron chi connectivity index (χ3n) is 4.59. The van der Waals surface area contributed by atoms with Gasteiger partial charge in [-0.3, -0.25) is 14.6 Å². The zero-order chi connectivity index (χ0) is 18.7. The van der Waals surface area contributed by atoms with Crippen LogP contribution in [0.5, 0.6) is 0 Å². The highest BCUT2D eigenvalue weighted by Crippen LogP contribution is 2.31. The molecular formula is C18H21ClN4OS2. The fourth-order valence-electron chi connectivity index (χ4n) is 2.98. The van der Waals surface area contributed by atoms with Crippen molar-refractivity contribution < 1.29 is 4.79 Å². The molecule has 5 nitrogen and oxygen atoms in total. The number of halogens is 1. The standard InChI is InChI=1S/C18H21ClN4OS2/c1-12-13(2)25-18(15(12)9-20)21-17(24)11-23-7-5-22(6-8-23)10-14-3-4-16(19)26-14/h3-4H,5-8,10-11H2,1-2H3,(H,21,24). The molecule has 3 heterocycles. The Labute approximate surface area is 166 Å². The summed E-state index contributed by atoms with van der Waals surface area (Å²) in [5.74, 6) is -0.0544. The Bertz CT molecular complexity index is 831. The molecule has 2 aromatic rings. The van der Waals surface area contributed by atoms with Crippen LogP contribution in [0.3, 0.4) is 0 Å². The van der Waals surface area contributed by atoms with E-state index in [9.17, 15) is 10.1 Å². The van der Waals surface area contributed by atoms with Gasteiger partial charge in [-0.1, -0.05) is 11.6 Å². The van der Waals surface area contributed by atoms with Crippen LogP contribution in [0.4, 0.5) is 5.00 Å². The summed E-state index contributed by atoms with van der Waals surface area (Å²) in [6.07, 6.45) is 0. The highest BCUT2D eigenvalue weighted by molar-refractivity contribution is 7.16. The number of nitrogens with zero attached hydrogens (tertiary/aromatic N) is 3. The predicted molar refractivity (Wildman–Crippen MR) is 108 cm³/mol.